The van der Waals surface area contributed by atoms with Crippen LogP contribution < -0.4 is 9.46 Å². The van der Waals surface area contributed by atoms with Crippen LogP contribution in [0.5, 0.6) is 5.75 Å². The molecule has 0 amide bonds. The van der Waals surface area contributed by atoms with Gasteiger partial charge in [-0.05, 0) is 31.5 Å². The Labute approximate surface area is 119 Å². The molecule has 1 aromatic carbocycles. The smallest absolute Gasteiger partial charge is 0.211 e. The lowest BCUT2D eigenvalue weighted by atomic mass is 10.3. The molecule has 0 saturated carbocycles. The molecule has 0 radical (unpaired) electrons. The van der Waals surface area contributed by atoms with Crippen molar-refractivity contribution in [3.8, 4) is 5.75 Å². The highest BCUT2D eigenvalue weighted by molar-refractivity contribution is 7.89. The van der Waals surface area contributed by atoms with Crippen LogP contribution in [-0.2, 0) is 10.0 Å². The lowest BCUT2D eigenvalue weighted by molar-refractivity contribution is 0.198. The average molecular weight is 305 g/mol. The van der Waals surface area contributed by atoms with Crippen molar-refractivity contribution in [1.29, 1.82) is 0 Å². The molecule has 2 N–H and O–H groups in total. The number of hydrogen-bond acceptors (Lipinski definition) is 5. The first kappa shape index (κ1) is 16.3. The van der Waals surface area contributed by atoms with Gasteiger partial charge in [0.15, 0.2) is 0 Å². The summed E-state index contributed by atoms with van der Waals surface area (Å²) in [6.07, 6.45) is -0.310. The van der Waals surface area contributed by atoms with Crippen LogP contribution in [0.1, 0.15) is 13.3 Å². The van der Waals surface area contributed by atoms with E-state index >= 15 is 0 Å². The van der Waals surface area contributed by atoms with Gasteiger partial charge in [0.05, 0.1) is 18.5 Å². The molecule has 19 heavy (non-hydrogen) atoms. The van der Waals surface area contributed by atoms with E-state index in [4.69, 9.17) is 9.84 Å². The van der Waals surface area contributed by atoms with Crippen molar-refractivity contribution in [1.82, 2.24) is 4.72 Å². The van der Waals surface area contributed by atoms with Gasteiger partial charge in [-0.3, -0.25) is 0 Å². The van der Waals surface area contributed by atoms with Gasteiger partial charge in [-0.1, -0.05) is 6.07 Å². The van der Waals surface area contributed by atoms with E-state index in [1.54, 1.807) is 12.1 Å². The first-order chi connectivity index (χ1) is 8.89. The standard InChI is InChI=1S/C12H19NO4S2/c1-10(14)9-13-19(15,16)7-3-6-17-11-4-2-5-12(18)8-11/h2,4-5,8,10,13-14,18H,3,6-7,9H2,1H3. The van der Waals surface area contributed by atoms with Crippen LogP contribution in [-0.4, -0.2) is 38.5 Å². The highest BCUT2D eigenvalue weighted by Crippen LogP contribution is 2.15. The number of hydrogen-bond donors (Lipinski definition) is 3. The van der Waals surface area contributed by atoms with Crippen LogP contribution in [0.15, 0.2) is 29.2 Å². The summed E-state index contributed by atoms with van der Waals surface area (Å²) < 4.78 is 30.8. The molecule has 1 atom stereocenters. The summed E-state index contributed by atoms with van der Waals surface area (Å²) in [7, 11) is -3.34. The molecule has 7 heteroatoms. The van der Waals surface area contributed by atoms with E-state index in [1.165, 1.54) is 6.92 Å². The molecule has 5 nitrogen and oxygen atoms in total. The second-order valence-electron chi connectivity index (χ2n) is 4.22. The monoisotopic (exact) mass is 305 g/mol. The number of aliphatic hydroxyl groups excluding tert-OH is 1. The minimum Gasteiger partial charge on any atom is -0.494 e. The van der Waals surface area contributed by atoms with E-state index < -0.39 is 16.1 Å². The van der Waals surface area contributed by atoms with Crippen molar-refractivity contribution in [2.75, 3.05) is 18.9 Å². The normalized spacial score (nSPS) is 13.2. The molecule has 0 aliphatic rings. The summed E-state index contributed by atoms with van der Waals surface area (Å²) in [5.74, 6) is 0.641. The van der Waals surface area contributed by atoms with Crippen LogP contribution in [0.3, 0.4) is 0 Å². The van der Waals surface area contributed by atoms with Crippen molar-refractivity contribution in [2.45, 2.75) is 24.3 Å². The second kappa shape index (κ2) is 7.74. The van der Waals surface area contributed by atoms with Gasteiger partial charge < -0.3 is 9.84 Å². The molecule has 0 aromatic heterocycles. The molecule has 0 heterocycles. The highest BCUT2D eigenvalue weighted by Gasteiger charge is 2.10. The molecular weight excluding hydrogens is 286 g/mol. The summed E-state index contributed by atoms with van der Waals surface area (Å²) in [6.45, 7) is 1.87. The number of aliphatic hydroxyl groups is 1. The lowest BCUT2D eigenvalue weighted by Crippen LogP contribution is -2.32. The maximum Gasteiger partial charge on any atom is 0.211 e. The minimum absolute atomic E-state index is 0.0275. The van der Waals surface area contributed by atoms with E-state index in [2.05, 4.69) is 17.4 Å². The lowest BCUT2D eigenvalue weighted by Gasteiger charge is -2.09. The Kier molecular flexibility index (Phi) is 6.64. The molecule has 108 valence electrons. The topological polar surface area (TPSA) is 75.6 Å². The number of ether oxygens (including phenoxy) is 1. The minimum atomic E-state index is -3.34. The average Bonchev–Trinajstić information content (AvgIpc) is 2.33. The summed E-state index contributed by atoms with van der Waals surface area (Å²) >= 11 is 4.18. The van der Waals surface area contributed by atoms with Gasteiger partial charge in [0.1, 0.15) is 5.75 Å². The Bertz CT molecular complexity index is 488. The summed E-state index contributed by atoms with van der Waals surface area (Å²) in [5.41, 5.74) is 0. The van der Waals surface area contributed by atoms with Crippen molar-refractivity contribution in [2.24, 2.45) is 0 Å². The third-order valence-corrected chi connectivity index (χ3v) is 3.95. The molecular formula is C12H19NO4S2. The van der Waals surface area contributed by atoms with Gasteiger partial charge in [-0.25, -0.2) is 13.1 Å². The second-order valence-corrected chi connectivity index (χ2v) is 6.66. The zero-order valence-electron chi connectivity index (χ0n) is 10.7. The largest absolute Gasteiger partial charge is 0.494 e. The predicted octanol–water partition coefficient (Wildman–Crippen LogP) is 1.04. The zero-order valence-corrected chi connectivity index (χ0v) is 12.5. The molecule has 0 aliphatic carbocycles. The number of rotatable bonds is 8. The van der Waals surface area contributed by atoms with E-state index in [-0.39, 0.29) is 12.3 Å². The molecule has 0 aliphatic heterocycles. The van der Waals surface area contributed by atoms with Crippen molar-refractivity contribution < 1.29 is 18.3 Å². The van der Waals surface area contributed by atoms with Crippen LogP contribution in [0.25, 0.3) is 0 Å². The summed E-state index contributed by atoms with van der Waals surface area (Å²) in [5, 5.41) is 9.00. The molecule has 0 bridgehead atoms. The Morgan fingerprint density at radius 1 is 1.47 bits per heavy atom. The van der Waals surface area contributed by atoms with Crippen LogP contribution in [0, 0.1) is 0 Å². The van der Waals surface area contributed by atoms with Crippen LogP contribution in [0.4, 0.5) is 0 Å². The Morgan fingerprint density at radius 2 is 2.21 bits per heavy atom. The van der Waals surface area contributed by atoms with Crippen LogP contribution >= 0.6 is 12.6 Å². The van der Waals surface area contributed by atoms with Gasteiger partial charge in [0.2, 0.25) is 10.0 Å². The molecule has 1 rings (SSSR count). The van der Waals surface area contributed by atoms with Crippen molar-refractivity contribution >= 4 is 22.7 Å². The summed E-state index contributed by atoms with van der Waals surface area (Å²) in [4.78, 5) is 0.795. The predicted molar refractivity (Wildman–Crippen MR) is 77.3 cm³/mol. The Hall–Kier alpha value is -0.760. The molecule has 1 aromatic rings. The summed E-state index contributed by atoms with van der Waals surface area (Å²) in [6, 6.07) is 7.21. The van der Waals surface area contributed by atoms with Crippen molar-refractivity contribution in [3.05, 3.63) is 24.3 Å². The fraction of sp³-hybridized carbons (Fsp3) is 0.500. The fourth-order valence-electron chi connectivity index (χ4n) is 1.33. The van der Waals surface area contributed by atoms with E-state index in [0.717, 1.165) is 4.90 Å². The SMILES string of the molecule is CC(O)CNS(=O)(=O)CCCOc1cccc(S)c1. The molecule has 1 unspecified atom stereocenters. The first-order valence-corrected chi connectivity index (χ1v) is 8.06. The third kappa shape index (κ3) is 7.41. The maximum atomic E-state index is 11.5. The third-order valence-electron chi connectivity index (χ3n) is 2.24. The molecule has 0 saturated heterocycles. The fourth-order valence-corrected chi connectivity index (χ4v) is 2.68. The van der Waals surface area contributed by atoms with Crippen molar-refractivity contribution in [3.63, 3.8) is 0 Å². The van der Waals surface area contributed by atoms with E-state index in [1.807, 2.05) is 12.1 Å². The number of benzene rings is 1. The van der Waals surface area contributed by atoms with Gasteiger partial charge in [0.25, 0.3) is 0 Å². The van der Waals surface area contributed by atoms with Gasteiger partial charge >= 0.3 is 0 Å². The molecule has 0 spiro atoms. The Balaban J connectivity index is 2.27. The van der Waals surface area contributed by atoms with Gasteiger partial charge in [0, 0.05) is 11.4 Å². The number of nitrogens with one attached hydrogen (secondary N) is 1. The van der Waals surface area contributed by atoms with Gasteiger partial charge in [-0.15, -0.1) is 12.6 Å². The Morgan fingerprint density at radius 3 is 2.84 bits per heavy atom. The quantitative estimate of drug-likeness (QED) is 0.495. The van der Waals surface area contributed by atoms with Gasteiger partial charge in [-0.2, -0.15) is 0 Å². The molecule has 0 fully saturated rings. The van der Waals surface area contributed by atoms with Crippen LogP contribution in [0.2, 0.25) is 0 Å². The first-order valence-electron chi connectivity index (χ1n) is 5.96. The van der Waals surface area contributed by atoms with E-state index in [0.29, 0.717) is 18.8 Å². The zero-order chi connectivity index (χ0) is 14.3. The number of sulfonamides is 1. The van der Waals surface area contributed by atoms with E-state index in [9.17, 15) is 8.42 Å². The maximum absolute atomic E-state index is 11.5. The number of thiol groups is 1. The highest BCUT2D eigenvalue weighted by atomic mass is 32.2.